The predicted octanol–water partition coefficient (Wildman–Crippen LogP) is 7.56. The molecule has 3 saturated heterocycles. The molecule has 3 heterocycles. The molecule has 4 fully saturated rings. The largest absolute Gasteiger partial charge is 0.465 e. The normalized spacial score (nSPS) is 41.5. The van der Waals surface area contributed by atoms with E-state index in [1.807, 2.05) is 0 Å². The van der Waals surface area contributed by atoms with Crippen LogP contribution in [0.2, 0.25) is 0 Å². The van der Waals surface area contributed by atoms with Gasteiger partial charge < -0.3 is 14.2 Å². The van der Waals surface area contributed by atoms with Gasteiger partial charge in [0, 0.05) is 16.2 Å². The van der Waals surface area contributed by atoms with Gasteiger partial charge in [0.2, 0.25) is 0 Å². The molecule has 0 aromatic rings. The van der Waals surface area contributed by atoms with Crippen LogP contribution < -0.4 is 0 Å². The van der Waals surface area contributed by atoms with E-state index >= 15 is 0 Å². The van der Waals surface area contributed by atoms with E-state index in [0.717, 1.165) is 77.0 Å². The number of carbonyl (C=O) groups is 3. The van der Waals surface area contributed by atoms with Crippen molar-refractivity contribution < 1.29 is 28.6 Å². The molecule has 0 N–H and O–H groups in total. The van der Waals surface area contributed by atoms with Crippen LogP contribution in [-0.4, -0.2) is 37.7 Å². The van der Waals surface area contributed by atoms with Crippen molar-refractivity contribution in [3.8, 4) is 0 Å². The molecular weight excluding hydrogens is 492 g/mol. The first-order chi connectivity index (χ1) is 18.7. The molecule has 1 saturated carbocycles. The Hall–Kier alpha value is -1.59. The van der Waals surface area contributed by atoms with Crippen molar-refractivity contribution in [1.82, 2.24) is 0 Å². The molecular formula is C33H54O6. The standard InChI is InChI=1S/C33H54O6/c1-7-13-16-28(10-4)22-37-25(34)31(28)19-20-32(26(35)38-23-29(32,11-5)17-14-8-2)33(21-31)27(36)39-24-30(33,12-6)18-15-9-3/h7-24H2,1-6H3. The highest BCUT2D eigenvalue weighted by molar-refractivity contribution is 5.94. The van der Waals surface area contributed by atoms with Crippen LogP contribution in [0.25, 0.3) is 0 Å². The molecule has 0 aromatic heterocycles. The average Bonchev–Trinajstić information content (AvgIpc) is 3.50. The molecule has 6 nitrogen and oxygen atoms in total. The fourth-order valence-corrected chi connectivity index (χ4v) is 10.1. The van der Waals surface area contributed by atoms with Gasteiger partial charge in [-0.05, 0) is 57.8 Å². The zero-order valence-corrected chi connectivity index (χ0v) is 25.7. The number of esters is 3. The summed E-state index contributed by atoms with van der Waals surface area (Å²) < 4.78 is 18.2. The Labute approximate surface area is 236 Å². The maximum absolute atomic E-state index is 14.7. The van der Waals surface area contributed by atoms with Gasteiger partial charge in [0.1, 0.15) is 0 Å². The van der Waals surface area contributed by atoms with Crippen molar-refractivity contribution in [2.45, 2.75) is 138 Å². The molecule has 3 spiro atoms. The van der Waals surface area contributed by atoms with Gasteiger partial charge in [0.15, 0.2) is 0 Å². The van der Waals surface area contributed by atoms with E-state index < -0.39 is 27.1 Å². The van der Waals surface area contributed by atoms with Crippen LogP contribution in [-0.2, 0) is 28.6 Å². The molecule has 222 valence electrons. The van der Waals surface area contributed by atoms with Crippen LogP contribution in [0, 0.1) is 32.5 Å². The minimum atomic E-state index is -1.10. The molecule has 1 aliphatic carbocycles. The zero-order valence-electron chi connectivity index (χ0n) is 25.7. The van der Waals surface area contributed by atoms with Crippen LogP contribution in [0.4, 0.5) is 0 Å². The smallest absolute Gasteiger partial charge is 0.314 e. The Balaban J connectivity index is 2.03. The first-order valence-electron chi connectivity index (χ1n) is 16.2. The lowest BCUT2D eigenvalue weighted by Gasteiger charge is -2.63. The predicted molar refractivity (Wildman–Crippen MR) is 151 cm³/mol. The summed E-state index contributed by atoms with van der Waals surface area (Å²) in [5.74, 6) is -0.629. The van der Waals surface area contributed by atoms with Gasteiger partial charge in [-0.2, -0.15) is 0 Å². The molecule has 4 rings (SSSR count). The zero-order chi connectivity index (χ0) is 28.6. The Morgan fingerprint density at radius 1 is 0.538 bits per heavy atom. The van der Waals surface area contributed by atoms with Crippen molar-refractivity contribution >= 4 is 17.9 Å². The van der Waals surface area contributed by atoms with Crippen molar-refractivity contribution in [2.75, 3.05) is 19.8 Å². The van der Waals surface area contributed by atoms with Gasteiger partial charge >= 0.3 is 17.9 Å². The molecule has 6 unspecified atom stereocenters. The summed E-state index contributed by atoms with van der Waals surface area (Å²) >= 11 is 0. The summed E-state index contributed by atoms with van der Waals surface area (Å²) in [6.45, 7) is 14.1. The van der Waals surface area contributed by atoms with Crippen molar-refractivity contribution in [2.24, 2.45) is 32.5 Å². The summed E-state index contributed by atoms with van der Waals surface area (Å²) in [5, 5.41) is 0. The highest BCUT2D eigenvalue weighted by Gasteiger charge is 2.85. The summed E-state index contributed by atoms with van der Waals surface area (Å²) in [7, 11) is 0. The Morgan fingerprint density at radius 2 is 0.949 bits per heavy atom. The Bertz CT molecular complexity index is 946. The SMILES string of the molecule is CCCCC1(CC)COC(=O)C12CCC1(C(=O)OCC1(CC)CCCC)C1(C2)C(=O)OCC1(CC)CCCC. The molecule has 6 heteroatoms. The second-order valence-corrected chi connectivity index (χ2v) is 13.5. The van der Waals surface area contributed by atoms with Crippen molar-refractivity contribution in [1.29, 1.82) is 0 Å². The quantitative estimate of drug-likeness (QED) is 0.186. The maximum Gasteiger partial charge on any atom is 0.314 e. The number of ether oxygens (including phenoxy) is 3. The van der Waals surface area contributed by atoms with Gasteiger partial charge in [0.05, 0.1) is 36.1 Å². The lowest BCUT2D eigenvalue weighted by molar-refractivity contribution is -0.211. The molecule has 0 radical (unpaired) electrons. The number of hydrogen-bond donors (Lipinski definition) is 0. The molecule has 0 aromatic carbocycles. The highest BCUT2D eigenvalue weighted by atomic mass is 16.6. The van der Waals surface area contributed by atoms with Gasteiger partial charge in [-0.3, -0.25) is 14.4 Å². The molecule has 3 aliphatic heterocycles. The Morgan fingerprint density at radius 3 is 1.44 bits per heavy atom. The third kappa shape index (κ3) is 3.74. The molecule has 0 amide bonds. The summed E-state index contributed by atoms with van der Waals surface area (Å²) in [6.07, 6.45) is 12.3. The van der Waals surface area contributed by atoms with Crippen LogP contribution in [0.15, 0.2) is 0 Å². The first kappa shape index (κ1) is 30.4. The molecule has 0 bridgehead atoms. The van der Waals surface area contributed by atoms with E-state index in [1.54, 1.807) is 0 Å². The second-order valence-electron chi connectivity index (χ2n) is 13.5. The van der Waals surface area contributed by atoms with E-state index in [2.05, 4.69) is 41.5 Å². The fourth-order valence-electron chi connectivity index (χ4n) is 10.1. The van der Waals surface area contributed by atoms with Crippen molar-refractivity contribution in [3.05, 3.63) is 0 Å². The van der Waals surface area contributed by atoms with Crippen LogP contribution >= 0.6 is 0 Å². The van der Waals surface area contributed by atoms with Crippen LogP contribution in [0.5, 0.6) is 0 Å². The second kappa shape index (κ2) is 11.0. The topological polar surface area (TPSA) is 78.9 Å². The van der Waals surface area contributed by atoms with Gasteiger partial charge in [0.25, 0.3) is 0 Å². The van der Waals surface area contributed by atoms with Crippen molar-refractivity contribution in [3.63, 3.8) is 0 Å². The number of hydrogen-bond acceptors (Lipinski definition) is 6. The third-order valence-electron chi connectivity index (χ3n) is 12.6. The summed E-state index contributed by atoms with van der Waals surface area (Å²) in [4.78, 5) is 43.1. The molecule has 6 atom stereocenters. The monoisotopic (exact) mass is 546 g/mol. The number of carbonyl (C=O) groups excluding carboxylic acids is 3. The minimum Gasteiger partial charge on any atom is -0.465 e. The summed E-state index contributed by atoms with van der Waals surface area (Å²) in [5.41, 5.74) is -4.17. The lowest BCUT2D eigenvalue weighted by Crippen LogP contribution is -2.69. The highest BCUT2D eigenvalue weighted by Crippen LogP contribution is 2.79. The minimum absolute atomic E-state index is 0.156. The number of cyclic esters (lactones) is 3. The Kier molecular flexibility index (Phi) is 8.57. The third-order valence-corrected chi connectivity index (χ3v) is 12.6. The maximum atomic E-state index is 14.7. The summed E-state index contributed by atoms with van der Waals surface area (Å²) in [6, 6.07) is 0. The first-order valence-corrected chi connectivity index (χ1v) is 16.2. The van der Waals surface area contributed by atoms with Crippen LogP contribution in [0.1, 0.15) is 138 Å². The van der Waals surface area contributed by atoms with E-state index in [4.69, 9.17) is 14.2 Å². The average molecular weight is 547 g/mol. The van der Waals surface area contributed by atoms with Crippen LogP contribution in [0.3, 0.4) is 0 Å². The number of unbranched alkanes of at least 4 members (excludes halogenated alkanes) is 3. The van der Waals surface area contributed by atoms with E-state index in [9.17, 15) is 14.4 Å². The number of fused-ring (bicyclic) bond motifs is 1. The molecule has 4 aliphatic rings. The van der Waals surface area contributed by atoms with Gasteiger partial charge in [-0.1, -0.05) is 80.1 Å². The molecule has 39 heavy (non-hydrogen) atoms. The van der Waals surface area contributed by atoms with E-state index in [-0.39, 0.29) is 23.3 Å². The fraction of sp³-hybridized carbons (Fsp3) is 0.909. The van der Waals surface area contributed by atoms with E-state index in [0.29, 0.717) is 39.1 Å². The van der Waals surface area contributed by atoms with Gasteiger partial charge in [-0.25, -0.2) is 0 Å². The van der Waals surface area contributed by atoms with Gasteiger partial charge in [-0.15, -0.1) is 0 Å². The number of rotatable bonds is 12. The lowest BCUT2D eigenvalue weighted by atomic mass is 9.33. The van der Waals surface area contributed by atoms with E-state index in [1.165, 1.54) is 0 Å².